The highest BCUT2D eigenvalue weighted by Gasteiger charge is 2.20. The summed E-state index contributed by atoms with van der Waals surface area (Å²) < 4.78 is 5.08. The Morgan fingerprint density at radius 1 is 1.35 bits per heavy atom. The van der Waals surface area contributed by atoms with Crippen molar-refractivity contribution in [3.05, 3.63) is 47.4 Å². The first kappa shape index (κ1) is 15.9. The van der Waals surface area contributed by atoms with Gasteiger partial charge in [0.1, 0.15) is 0 Å². The van der Waals surface area contributed by atoms with Crippen molar-refractivity contribution in [1.29, 1.82) is 0 Å². The Hall–Kier alpha value is -1.98. The number of nitrogens with zero attached hydrogens (tertiary/aromatic N) is 1. The molecule has 0 spiro atoms. The Morgan fingerprint density at radius 2 is 2.13 bits per heavy atom. The molecule has 0 aliphatic carbocycles. The van der Waals surface area contributed by atoms with Crippen molar-refractivity contribution in [3.63, 3.8) is 0 Å². The summed E-state index contributed by atoms with van der Waals surface area (Å²) in [5.41, 5.74) is 1.69. The Labute approximate surface area is 140 Å². The third-order valence-electron chi connectivity index (χ3n) is 4.26. The van der Waals surface area contributed by atoms with Crippen molar-refractivity contribution in [2.45, 2.75) is 6.92 Å². The van der Waals surface area contributed by atoms with Crippen LogP contribution in [0.5, 0.6) is 0 Å². The molecule has 0 unspecified atom stereocenters. The molecule has 2 heterocycles. The summed E-state index contributed by atoms with van der Waals surface area (Å²) in [6, 6.07) is 8.94. The minimum atomic E-state index is -0.279. The topological polar surface area (TPSA) is 49.9 Å². The number of hydrogen-bond donors (Lipinski definition) is 2. The molecular formula is C17H21ClN3O2+. The van der Waals surface area contributed by atoms with Crippen molar-refractivity contribution in [3.8, 4) is 0 Å². The number of rotatable bonds is 4. The fraction of sp³-hybridized carbons (Fsp3) is 0.353. The van der Waals surface area contributed by atoms with Gasteiger partial charge in [0.05, 0.1) is 49.7 Å². The van der Waals surface area contributed by atoms with E-state index in [0.29, 0.717) is 10.7 Å². The quantitative estimate of drug-likeness (QED) is 0.898. The van der Waals surface area contributed by atoms with Gasteiger partial charge in [-0.15, -0.1) is 0 Å². The second kappa shape index (κ2) is 7.06. The smallest absolute Gasteiger partial charge is 0.291 e. The molecule has 1 aliphatic heterocycles. The van der Waals surface area contributed by atoms with Crippen molar-refractivity contribution < 1.29 is 14.1 Å². The third kappa shape index (κ3) is 3.68. The van der Waals surface area contributed by atoms with Gasteiger partial charge in [-0.1, -0.05) is 11.6 Å². The summed E-state index contributed by atoms with van der Waals surface area (Å²) in [4.78, 5) is 15.9. The maximum absolute atomic E-state index is 12.0. The number of hydrogen-bond acceptors (Lipinski definition) is 3. The maximum Gasteiger partial charge on any atom is 0.291 e. The van der Waals surface area contributed by atoms with Gasteiger partial charge in [-0.2, -0.15) is 0 Å². The number of carbonyl (C=O) groups excluding carboxylic acids is 1. The zero-order valence-corrected chi connectivity index (χ0v) is 13.9. The predicted octanol–water partition coefficient (Wildman–Crippen LogP) is 1.91. The average Bonchev–Trinajstić information content (AvgIpc) is 3.10. The lowest BCUT2D eigenvalue weighted by atomic mass is 10.2. The number of nitrogens with one attached hydrogen (secondary N) is 2. The summed E-state index contributed by atoms with van der Waals surface area (Å²) in [7, 11) is 0. The van der Waals surface area contributed by atoms with Gasteiger partial charge >= 0.3 is 0 Å². The molecule has 1 aromatic carbocycles. The third-order valence-corrected chi connectivity index (χ3v) is 4.56. The van der Waals surface area contributed by atoms with Gasteiger partial charge in [0.25, 0.3) is 5.91 Å². The van der Waals surface area contributed by atoms with Gasteiger partial charge in [0.15, 0.2) is 5.76 Å². The molecular weight excluding hydrogens is 314 g/mol. The Kier molecular flexibility index (Phi) is 4.88. The Bertz CT molecular complexity index is 664. The number of benzene rings is 1. The van der Waals surface area contributed by atoms with Crippen molar-refractivity contribution in [1.82, 2.24) is 0 Å². The van der Waals surface area contributed by atoms with E-state index in [1.54, 1.807) is 23.1 Å². The van der Waals surface area contributed by atoms with E-state index >= 15 is 0 Å². The van der Waals surface area contributed by atoms with E-state index in [4.69, 9.17) is 16.0 Å². The summed E-state index contributed by atoms with van der Waals surface area (Å²) in [6.45, 7) is 7.64. The SMILES string of the molecule is CC[NH+]1CCN(c2ccc(NC(=O)c3ccco3)cc2Cl)CC1. The van der Waals surface area contributed by atoms with Gasteiger partial charge in [0, 0.05) is 5.69 Å². The van der Waals surface area contributed by atoms with Gasteiger partial charge < -0.3 is 19.5 Å². The largest absolute Gasteiger partial charge is 0.459 e. The first-order valence-electron chi connectivity index (χ1n) is 7.90. The van der Waals surface area contributed by atoms with Crippen molar-refractivity contribution in [2.75, 3.05) is 42.9 Å². The molecule has 1 aliphatic rings. The number of furan rings is 1. The minimum Gasteiger partial charge on any atom is -0.459 e. The highest BCUT2D eigenvalue weighted by atomic mass is 35.5. The number of carbonyl (C=O) groups is 1. The van der Waals surface area contributed by atoms with E-state index in [1.165, 1.54) is 12.8 Å². The average molecular weight is 335 g/mol. The molecule has 5 nitrogen and oxygen atoms in total. The van der Waals surface area contributed by atoms with E-state index in [-0.39, 0.29) is 11.7 Å². The van der Waals surface area contributed by atoms with Crippen LogP contribution in [0.1, 0.15) is 17.5 Å². The number of quaternary nitrogens is 1. The van der Waals surface area contributed by atoms with Crippen LogP contribution < -0.4 is 15.1 Å². The van der Waals surface area contributed by atoms with Crippen LogP contribution in [0.4, 0.5) is 11.4 Å². The molecule has 1 amide bonds. The normalized spacial score (nSPS) is 15.7. The number of anilines is 2. The predicted molar refractivity (Wildman–Crippen MR) is 91.6 cm³/mol. The molecule has 3 rings (SSSR count). The van der Waals surface area contributed by atoms with Crippen LogP contribution in [0.15, 0.2) is 41.0 Å². The Balaban J connectivity index is 1.67. The molecule has 0 atom stereocenters. The Morgan fingerprint density at radius 3 is 2.74 bits per heavy atom. The molecule has 122 valence electrons. The molecule has 0 radical (unpaired) electrons. The highest BCUT2D eigenvalue weighted by molar-refractivity contribution is 6.33. The second-order valence-corrected chi connectivity index (χ2v) is 6.10. The molecule has 1 aromatic heterocycles. The van der Waals surface area contributed by atoms with Crippen LogP contribution in [-0.2, 0) is 0 Å². The fourth-order valence-electron chi connectivity index (χ4n) is 2.86. The molecule has 2 N–H and O–H groups in total. The summed E-state index contributed by atoms with van der Waals surface area (Å²) in [6.07, 6.45) is 1.48. The number of halogens is 1. The van der Waals surface area contributed by atoms with Crippen molar-refractivity contribution in [2.24, 2.45) is 0 Å². The lowest BCUT2D eigenvalue weighted by Gasteiger charge is -2.33. The summed E-state index contributed by atoms with van der Waals surface area (Å²) in [5.74, 6) is 0.00263. The van der Waals surface area contributed by atoms with E-state index < -0.39 is 0 Å². The van der Waals surface area contributed by atoms with Gasteiger partial charge in [-0.3, -0.25) is 4.79 Å². The van der Waals surface area contributed by atoms with Crippen LogP contribution in [0, 0.1) is 0 Å². The second-order valence-electron chi connectivity index (χ2n) is 5.69. The van der Waals surface area contributed by atoms with Crippen LogP contribution in [0.2, 0.25) is 5.02 Å². The number of amides is 1. The van der Waals surface area contributed by atoms with Gasteiger partial charge in [-0.25, -0.2) is 0 Å². The number of likely N-dealkylation sites (N-methyl/N-ethyl adjacent to an activating group) is 1. The van der Waals surface area contributed by atoms with Crippen molar-refractivity contribution >= 4 is 28.9 Å². The van der Waals surface area contributed by atoms with Gasteiger partial charge in [-0.05, 0) is 37.3 Å². The van der Waals surface area contributed by atoms with Crippen LogP contribution in [-0.4, -0.2) is 38.6 Å². The first-order chi connectivity index (χ1) is 11.2. The molecule has 2 aromatic rings. The lowest BCUT2D eigenvalue weighted by Crippen LogP contribution is -3.14. The molecule has 0 bridgehead atoms. The van der Waals surface area contributed by atoms with E-state index in [0.717, 1.165) is 31.9 Å². The van der Waals surface area contributed by atoms with Gasteiger partial charge in [0.2, 0.25) is 0 Å². The van der Waals surface area contributed by atoms with Crippen LogP contribution in [0.25, 0.3) is 0 Å². The molecule has 1 fully saturated rings. The first-order valence-corrected chi connectivity index (χ1v) is 8.28. The molecule has 6 heteroatoms. The minimum absolute atomic E-state index is 0.279. The van der Waals surface area contributed by atoms with Crippen LogP contribution in [0.3, 0.4) is 0 Å². The molecule has 0 saturated carbocycles. The summed E-state index contributed by atoms with van der Waals surface area (Å²) in [5, 5.41) is 3.45. The highest BCUT2D eigenvalue weighted by Crippen LogP contribution is 2.29. The maximum atomic E-state index is 12.0. The monoisotopic (exact) mass is 334 g/mol. The zero-order chi connectivity index (χ0) is 16.2. The lowest BCUT2D eigenvalue weighted by molar-refractivity contribution is -0.898. The van der Waals surface area contributed by atoms with E-state index in [2.05, 4.69) is 17.1 Å². The molecule has 1 saturated heterocycles. The zero-order valence-electron chi connectivity index (χ0n) is 13.1. The molecule has 23 heavy (non-hydrogen) atoms. The van der Waals surface area contributed by atoms with Crippen LogP contribution >= 0.6 is 11.6 Å². The fourth-order valence-corrected chi connectivity index (χ4v) is 3.16. The van der Waals surface area contributed by atoms with E-state index in [9.17, 15) is 4.79 Å². The van der Waals surface area contributed by atoms with E-state index in [1.807, 2.05) is 12.1 Å². The standard InChI is InChI=1S/C17H20ClN3O2/c1-2-20-7-9-21(10-8-20)15-6-5-13(12-14(15)18)19-17(22)16-4-3-11-23-16/h3-6,11-12H,2,7-10H2,1H3,(H,19,22)/p+1. The summed E-state index contributed by atoms with van der Waals surface area (Å²) >= 11 is 6.42. The number of piperazine rings is 1.